The highest BCUT2D eigenvalue weighted by Gasteiger charge is 2.10. The van der Waals surface area contributed by atoms with E-state index in [1.54, 1.807) is 24.7 Å². The van der Waals surface area contributed by atoms with Gasteiger partial charge >= 0.3 is 5.97 Å². The van der Waals surface area contributed by atoms with Crippen molar-refractivity contribution in [1.29, 1.82) is 0 Å². The molecule has 0 bridgehead atoms. The van der Waals surface area contributed by atoms with Crippen LogP contribution < -0.4 is 4.74 Å². The molecule has 1 aromatic heterocycles. The van der Waals surface area contributed by atoms with Crippen LogP contribution >= 0.6 is 0 Å². The van der Waals surface area contributed by atoms with E-state index in [1.165, 1.54) is 0 Å². The molecule has 0 aliphatic rings. The molecule has 0 amide bonds. The van der Waals surface area contributed by atoms with Crippen LogP contribution in [-0.2, 0) is 17.8 Å². The zero-order valence-corrected chi connectivity index (χ0v) is 11.6. The van der Waals surface area contributed by atoms with Gasteiger partial charge in [0.25, 0.3) is 0 Å². The van der Waals surface area contributed by atoms with Crippen LogP contribution in [0.2, 0.25) is 0 Å². The van der Waals surface area contributed by atoms with Crippen LogP contribution in [0.3, 0.4) is 0 Å². The number of rotatable bonds is 6. The molecule has 2 rings (SSSR count). The highest BCUT2D eigenvalue weighted by molar-refractivity contribution is 5.71. The van der Waals surface area contributed by atoms with E-state index >= 15 is 0 Å². The number of imidazole rings is 1. The Balaban J connectivity index is 2.11. The number of hydrogen-bond donors (Lipinski definition) is 1. The number of carboxylic acids is 1. The number of nitrogens with zero attached hydrogens (tertiary/aromatic N) is 2. The van der Waals surface area contributed by atoms with Gasteiger partial charge in [-0.2, -0.15) is 0 Å². The van der Waals surface area contributed by atoms with Gasteiger partial charge in [0.15, 0.2) is 0 Å². The summed E-state index contributed by atoms with van der Waals surface area (Å²) in [7, 11) is 0. The second kappa shape index (κ2) is 6.23. The maximum Gasteiger partial charge on any atom is 0.307 e. The van der Waals surface area contributed by atoms with Gasteiger partial charge < -0.3 is 14.4 Å². The van der Waals surface area contributed by atoms with Gasteiger partial charge in [-0.3, -0.25) is 4.79 Å². The molecule has 5 nitrogen and oxygen atoms in total. The molecule has 0 fully saturated rings. The summed E-state index contributed by atoms with van der Waals surface area (Å²) in [6.07, 6.45) is 3.49. The van der Waals surface area contributed by atoms with E-state index in [9.17, 15) is 4.79 Å². The Labute approximate surface area is 117 Å². The van der Waals surface area contributed by atoms with Crippen molar-refractivity contribution in [3.63, 3.8) is 0 Å². The van der Waals surface area contributed by atoms with Gasteiger partial charge in [-0.15, -0.1) is 0 Å². The van der Waals surface area contributed by atoms with E-state index in [-0.39, 0.29) is 6.42 Å². The maximum absolute atomic E-state index is 10.8. The van der Waals surface area contributed by atoms with Crippen molar-refractivity contribution >= 4 is 5.97 Å². The second-order valence-electron chi connectivity index (χ2n) is 4.85. The number of para-hydroxylation sites is 1. The molecule has 1 N–H and O–H groups in total. The van der Waals surface area contributed by atoms with Crippen molar-refractivity contribution in [2.75, 3.05) is 0 Å². The number of benzene rings is 1. The van der Waals surface area contributed by atoms with Gasteiger partial charge in [-0.25, -0.2) is 4.98 Å². The van der Waals surface area contributed by atoms with E-state index in [1.807, 2.05) is 16.7 Å². The predicted molar refractivity (Wildman–Crippen MR) is 74.7 cm³/mol. The number of aliphatic carboxylic acids is 1. The molecule has 0 unspecified atom stereocenters. The molecule has 2 aromatic rings. The SMILES string of the molecule is CC(C)n1cncc1COc1ccccc1CC(=O)O. The molecular formula is C15H18N2O3. The molecule has 0 saturated heterocycles. The van der Waals surface area contributed by atoms with Crippen molar-refractivity contribution < 1.29 is 14.6 Å². The molecule has 5 heteroatoms. The molecule has 1 aromatic carbocycles. The average molecular weight is 274 g/mol. The number of carbonyl (C=O) groups is 1. The van der Waals surface area contributed by atoms with Crippen LogP contribution in [0.4, 0.5) is 0 Å². The van der Waals surface area contributed by atoms with Crippen molar-refractivity contribution in [1.82, 2.24) is 9.55 Å². The highest BCUT2D eigenvalue weighted by Crippen LogP contribution is 2.20. The number of carboxylic acid groups (broad SMARTS) is 1. The lowest BCUT2D eigenvalue weighted by Crippen LogP contribution is -2.08. The summed E-state index contributed by atoms with van der Waals surface area (Å²) in [5.41, 5.74) is 1.64. The quantitative estimate of drug-likeness (QED) is 0.879. The van der Waals surface area contributed by atoms with Crippen molar-refractivity contribution in [2.45, 2.75) is 32.9 Å². The van der Waals surface area contributed by atoms with Gasteiger partial charge in [-0.05, 0) is 19.9 Å². The fourth-order valence-electron chi connectivity index (χ4n) is 2.01. The van der Waals surface area contributed by atoms with Gasteiger partial charge in [0.05, 0.1) is 24.6 Å². The number of hydrogen-bond acceptors (Lipinski definition) is 3. The summed E-state index contributed by atoms with van der Waals surface area (Å²) in [5.74, 6) is -0.264. The first-order valence-corrected chi connectivity index (χ1v) is 6.51. The molecular weight excluding hydrogens is 256 g/mol. The molecule has 0 aliphatic heterocycles. The Morgan fingerprint density at radius 2 is 2.15 bits per heavy atom. The third-order valence-electron chi connectivity index (χ3n) is 2.99. The molecule has 0 aliphatic carbocycles. The first-order chi connectivity index (χ1) is 9.58. The van der Waals surface area contributed by atoms with E-state index in [0.717, 1.165) is 5.69 Å². The topological polar surface area (TPSA) is 64.4 Å². The normalized spacial score (nSPS) is 10.8. The zero-order chi connectivity index (χ0) is 14.5. The lowest BCUT2D eigenvalue weighted by Gasteiger charge is -2.14. The minimum atomic E-state index is -0.867. The Morgan fingerprint density at radius 1 is 1.40 bits per heavy atom. The largest absolute Gasteiger partial charge is 0.487 e. The molecule has 0 spiro atoms. The van der Waals surface area contributed by atoms with Crippen molar-refractivity contribution in [2.24, 2.45) is 0 Å². The Hall–Kier alpha value is -2.30. The van der Waals surface area contributed by atoms with E-state index in [0.29, 0.717) is 24.0 Å². The summed E-state index contributed by atoms with van der Waals surface area (Å²) in [4.78, 5) is 14.9. The number of aromatic nitrogens is 2. The first-order valence-electron chi connectivity index (χ1n) is 6.51. The van der Waals surface area contributed by atoms with Crippen LogP contribution in [0, 0.1) is 0 Å². The summed E-state index contributed by atoms with van der Waals surface area (Å²) in [6, 6.07) is 7.51. The second-order valence-corrected chi connectivity index (χ2v) is 4.85. The Kier molecular flexibility index (Phi) is 4.40. The van der Waals surface area contributed by atoms with Crippen molar-refractivity contribution in [3.8, 4) is 5.75 Å². The zero-order valence-electron chi connectivity index (χ0n) is 11.6. The minimum Gasteiger partial charge on any atom is -0.487 e. The molecule has 20 heavy (non-hydrogen) atoms. The van der Waals surface area contributed by atoms with E-state index < -0.39 is 5.97 Å². The molecule has 106 valence electrons. The monoisotopic (exact) mass is 274 g/mol. The number of ether oxygens (including phenoxy) is 1. The molecule has 1 heterocycles. The fourth-order valence-corrected chi connectivity index (χ4v) is 2.01. The highest BCUT2D eigenvalue weighted by atomic mass is 16.5. The lowest BCUT2D eigenvalue weighted by molar-refractivity contribution is -0.136. The van der Waals surface area contributed by atoms with Crippen LogP contribution in [0.1, 0.15) is 31.1 Å². The summed E-state index contributed by atoms with van der Waals surface area (Å²) < 4.78 is 7.78. The third kappa shape index (κ3) is 3.38. The third-order valence-corrected chi connectivity index (χ3v) is 2.99. The maximum atomic E-state index is 10.8. The smallest absolute Gasteiger partial charge is 0.307 e. The van der Waals surface area contributed by atoms with Gasteiger partial charge in [0.1, 0.15) is 12.4 Å². The van der Waals surface area contributed by atoms with E-state index in [4.69, 9.17) is 9.84 Å². The van der Waals surface area contributed by atoms with Crippen molar-refractivity contribution in [3.05, 3.63) is 48.0 Å². The van der Waals surface area contributed by atoms with Gasteiger partial charge in [-0.1, -0.05) is 18.2 Å². The predicted octanol–water partition coefficient (Wildman–Crippen LogP) is 2.67. The standard InChI is InChI=1S/C15H18N2O3/c1-11(2)17-10-16-8-13(17)9-20-14-6-4-3-5-12(14)7-15(18)19/h3-6,8,10-11H,7,9H2,1-2H3,(H,18,19). The summed E-state index contributed by atoms with van der Waals surface area (Å²) in [6.45, 7) is 4.52. The Bertz CT molecular complexity index is 590. The summed E-state index contributed by atoms with van der Waals surface area (Å²) in [5, 5.41) is 8.89. The summed E-state index contributed by atoms with van der Waals surface area (Å²) >= 11 is 0. The van der Waals surface area contributed by atoms with Crippen LogP contribution in [-0.4, -0.2) is 20.6 Å². The van der Waals surface area contributed by atoms with Crippen LogP contribution in [0.15, 0.2) is 36.8 Å². The first kappa shape index (κ1) is 14.1. The van der Waals surface area contributed by atoms with Gasteiger partial charge in [0, 0.05) is 11.6 Å². The Morgan fingerprint density at radius 3 is 2.85 bits per heavy atom. The lowest BCUT2D eigenvalue weighted by atomic mass is 10.1. The minimum absolute atomic E-state index is 0.0420. The van der Waals surface area contributed by atoms with E-state index in [2.05, 4.69) is 18.8 Å². The van der Waals surface area contributed by atoms with Crippen LogP contribution in [0.5, 0.6) is 5.75 Å². The van der Waals surface area contributed by atoms with Crippen LogP contribution in [0.25, 0.3) is 0 Å². The molecule has 0 saturated carbocycles. The molecule has 0 atom stereocenters. The fraction of sp³-hybridized carbons (Fsp3) is 0.333. The molecule has 0 radical (unpaired) electrons. The average Bonchev–Trinajstić information content (AvgIpc) is 2.85. The van der Waals surface area contributed by atoms with Gasteiger partial charge in [0.2, 0.25) is 0 Å².